The van der Waals surface area contributed by atoms with E-state index in [4.69, 9.17) is 0 Å². The molecule has 25 heavy (non-hydrogen) atoms. The number of carbonyl (C=O) groups is 1. The molecule has 138 valence electrons. The second-order valence-electron chi connectivity index (χ2n) is 7.74. The lowest BCUT2D eigenvalue weighted by atomic mass is 9.94. The SMILES string of the molecule is Cc1ccc(N2CCCC2)c(C(=O)NCCN(C)C2CCCCC2)c1. The molecular weight excluding hydrogens is 310 g/mol. The Morgan fingerprint density at radius 2 is 1.88 bits per heavy atom. The highest BCUT2D eigenvalue weighted by Gasteiger charge is 2.20. The first kappa shape index (κ1) is 18.2. The molecule has 1 heterocycles. The predicted octanol–water partition coefficient (Wildman–Crippen LogP) is 3.59. The van der Waals surface area contributed by atoms with Gasteiger partial charge in [0.2, 0.25) is 0 Å². The van der Waals surface area contributed by atoms with Crippen molar-refractivity contribution < 1.29 is 4.79 Å². The van der Waals surface area contributed by atoms with E-state index in [1.165, 1.54) is 44.9 Å². The topological polar surface area (TPSA) is 35.6 Å². The lowest BCUT2D eigenvalue weighted by Gasteiger charge is -2.31. The van der Waals surface area contributed by atoms with Crippen LogP contribution < -0.4 is 10.2 Å². The molecule has 1 aliphatic carbocycles. The minimum absolute atomic E-state index is 0.0719. The molecule has 3 rings (SSSR count). The number of rotatable bonds is 6. The highest BCUT2D eigenvalue weighted by atomic mass is 16.1. The molecule has 1 aliphatic heterocycles. The van der Waals surface area contributed by atoms with Crippen LogP contribution in [0.25, 0.3) is 0 Å². The first-order valence-electron chi connectivity index (χ1n) is 9.99. The van der Waals surface area contributed by atoms with Gasteiger partial charge in [0.25, 0.3) is 5.91 Å². The summed E-state index contributed by atoms with van der Waals surface area (Å²) >= 11 is 0. The summed E-state index contributed by atoms with van der Waals surface area (Å²) in [6, 6.07) is 6.96. The second-order valence-corrected chi connectivity index (χ2v) is 7.74. The fourth-order valence-electron chi connectivity index (χ4n) is 4.21. The van der Waals surface area contributed by atoms with Gasteiger partial charge in [0, 0.05) is 37.9 Å². The lowest BCUT2D eigenvalue weighted by molar-refractivity contribution is 0.0945. The summed E-state index contributed by atoms with van der Waals surface area (Å²) in [5.74, 6) is 0.0719. The van der Waals surface area contributed by atoms with Crippen LogP contribution >= 0.6 is 0 Å². The Labute approximate surface area is 152 Å². The van der Waals surface area contributed by atoms with Crippen LogP contribution in [0.1, 0.15) is 60.9 Å². The van der Waals surface area contributed by atoms with Gasteiger partial charge in [0.1, 0.15) is 0 Å². The maximum absolute atomic E-state index is 12.8. The molecule has 0 spiro atoms. The van der Waals surface area contributed by atoms with Crippen LogP contribution in [0.15, 0.2) is 18.2 Å². The maximum atomic E-state index is 12.8. The Kier molecular flexibility index (Phi) is 6.35. The third kappa shape index (κ3) is 4.75. The number of benzene rings is 1. The summed E-state index contributed by atoms with van der Waals surface area (Å²) < 4.78 is 0. The van der Waals surface area contributed by atoms with Crippen molar-refractivity contribution in [2.45, 2.75) is 57.9 Å². The molecule has 1 saturated heterocycles. The number of aryl methyl sites for hydroxylation is 1. The van der Waals surface area contributed by atoms with E-state index in [1.54, 1.807) is 0 Å². The minimum Gasteiger partial charge on any atom is -0.371 e. The monoisotopic (exact) mass is 343 g/mol. The fourth-order valence-corrected chi connectivity index (χ4v) is 4.21. The first-order chi connectivity index (χ1) is 12.1. The number of likely N-dealkylation sites (N-methyl/N-ethyl adjacent to an activating group) is 1. The molecule has 0 unspecified atom stereocenters. The molecule has 2 fully saturated rings. The average Bonchev–Trinajstić information content (AvgIpc) is 3.16. The normalized spacial score (nSPS) is 18.8. The molecule has 4 nitrogen and oxygen atoms in total. The molecule has 4 heteroatoms. The number of nitrogens with one attached hydrogen (secondary N) is 1. The highest BCUT2D eigenvalue weighted by molar-refractivity contribution is 6.00. The summed E-state index contributed by atoms with van der Waals surface area (Å²) in [5.41, 5.74) is 3.08. The number of hydrogen-bond donors (Lipinski definition) is 1. The van der Waals surface area contributed by atoms with Crippen molar-refractivity contribution in [3.63, 3.8) is 0 Å². The van der Waals surface area contributed by atoms with Crippen molar-refractivity contribution in [1.29, 1.82) is 0 Å². The Hall–Kier alpha value is -1.55. The van der Waals surface area contributed by atoms with E-state index < -0.39 is 0 Å². The van der Waals surface area contributed by atoms with Crippen molar-refractivity contribution in [3.05, 3.63) is 29.3 Å². The van der Waals surface area contributed by atoms with E-state index in [-0.39, 0.29) is 5.91 Å². The largest absolute Gasteiger partial charge is 0.371 e. The van der Waals surface area contributed by atoms with Gasteiger partial charge in [-0.3, -0.25) is 4.79 Å². The van der Waals surface area contributed by atoms with Crippen LogP contribution in [-0.4, -0.2) is 50.1 Å². The van der Waals surface area contributed by atoms with Gasteiger partial charge in [-0.1, -0.05) is 30.9 Å². The van der Waals surface area contributed by atoms with Crippen LogP contribution in [0.2, 0.25) is 0 Å². The van der Waals surface area contributed by atoms with E-state index >= 15 is 0 Å². The summed E-state index contributed by atoms with van der Waals surface area (Å²) in [6.45, 7) is 5.84. The Bertz CT molecular complexity index is 575. The Morgan fingerprint density at radius 3 is 2.60 bits per heavy atom. The van der Waals surface area contributed by atoms with Gasteiger partial charge in [0.05, 0.1) is 5.56 Å². The summed E-state index contributed by atoms with van der Waals surface area (Å²) in [5, 5.41) is 3.15. The van der Waals surface area contributed by atoms with Crippen molar-refractivity contribution in [2.24, 2.45) is 0 Å². The standard InChI is InChI=1S/C21H33N3O/c1-17-10-11-20(24-13-6-7-14-24)19(16-17)21(25)22-12-15-23(2)18-8-4-3-5-9-18/h10-11,16,18H,3-9,12-15H2,1-2H3,(H,22,25). The molecule has 0 bridgehead atoms. The summed E-state index contributed by atoms with van der Waals surface area (Å²) in [7, 11) is 2.20. The Balaban J connectivity index is 1.56. The zero-order valence-electron chi connectivity index (χ0n) is 15.9. The number of carbonyl (C=O) groups excluding carboxylic acids is 1. The highest BCUT2D eigenvalue weighted by Crippen LogP contribution is 2.26. The van der Waals surface area contributed by atoms with Gasteiger partial charge < -0.3 is 15.1 Å². The van der Waals surface area contributed by atoms with E-state index in [9.17, 15) is 4.79 Å². The molecule has 2 aliphatic rings. The van der Waals surface area contributed by atoms with Crippen molar-refractivity contribution >= 4 is 11.6 Å². The Morgan fingerprint density at radius 1 is 1.16 bits per heavy atom. The number of nitrogens with zero attached hydrogens (tertiary/aromatic N) is 2. The molecule has 1 saturated carbocycles. The molecule has 0 radical (unpaired) electrons. The van der Waals surface area contributed by atoms with Crippen LogP contribution in [0.3, 0.4) is 0 Å². The number of hydrogen-bond acceptors (Lipinski definition) is 3. The number of anilines is 1. The summed E-state index contributed by atoms with van der Waals surface area (Å²) in [6.07, 6.45) is 9.15. The van der Waals surface area contributed by atoms with Gasteiger partial charge >= 0.3 is 0 Å². The molecule has 1 aromatic carbocycles. The maximum Gasteiger partial charge on any atom is 0.253 e. The summed E-state index contributed by atoms with van der Waals surface area (Å²) in [4.78, 5) is 17.6. The molecular formula is C21H33N3O. The first-order valence-corrected chi connectivity index (χ1v) is 9.99. The molecule has 0 aromatic heterocycles. The lowest BCUT2D eigenvalue weighted by Crippen LogP contribution is -2.39. The zero-order chi connectivity index (χ0) is 17.6. The predicted molar refractivity (Wildman–Crippen MR) is 104 cm³/mol. The van der Waals surface area contributed by atoms with Gasteiger partial charge in [-0.2, -0.15) is 0 Å². The van der Waals surface area contributed by atoms with Crippen LogP contribution in [0.5, 0.6) is 0 Å². The third-order valence-corrected chi connectivity index (χ3v) is 5.79. The quantitative estimate of drug-likeness (QED) is 0.857. The average molecular weight is 344 g/mol. The van der Waals surface area contributed by atoms with Gasteiger partial charge in [0.15, 0.2) is 0 Å². The molecule has 1 aromatic rings. The van der Waals surface area contributed by atoms with Crippen LogP contribution in [0.4, 0.5) is 5.69 Å². The van der Waals surface area contributed by atoms with Gasteiger partial charge in [-0.05, 0) is 51.8 Å². The second kappa shape index (κ2) is 8.70. The molecule has 1 amide bonds. The van der Waals surface area contributed by atoms with Crippen molar-refractivity contribution in [2.75, 3.05) is 38.1 Å². The van der Waals surface area contributed by atoms with Gasteiger partial charge in [-0.25, -0.2) is 0 Å². The minimum atomic E-state index is 0.0719. The van der Waals surface area contributed by atoms with E-state index in [0.29, 0.717) is 6.04 Å². The van der Waals surface area contributed by atoms with Crippen LogP contribution in [0, 0.1) is 6.92 Å². The van der Waals surface area contributed by atoms with E-state index in [2.05, 4.69) is 41.2 Å². The molecule has 1 N–H and O–H groups in total. The van der Waals surface area contributed by atoms with E-state index in [1.807, 2.05) is 6.07 Å². The third-order valence-electron chi connectivity index (χ3n) is 5.79. The fraction of sp³-hybridized carbons (Fsp3) is 0.667. The zero-order valence-corrected chi connectivity index (χ0v) is 15.9. The van der Waals surface area contributed by atoms with Crippen molar-refractivity contribution in [1.82, 2.24) is 10.2 Å². The van der Waals surface area contributed by atoms with Crippen LogP contribution in [-0.2, 0) is 0 Å². The number of amides is 1. The molecule has 0 atom stereocenters. The van der Waals surface area contributed by atoms with E-state index in [0.717, 1.165) is 43.0 Å². The van der Waals surface area contributed by atoms with Gasteiger partial charge in [-0.15, -0.1) is 0 Å². The smallest absolute Gasteiger partial charge is 0.253 e. The van der Waals surface area contributed by atoms with Crippen molar-refractivity contribution in [3.8, 4) is 0 Å².